The van der Waals surface area contributed by atoms with E-state index in [1.54, 1.807) is 4.68 Å². The standard InChI is InChI=1S/C13H22ClN3O/c1-9-5-4-6-11(8-18)17(9)7-12-10(2)15-16(3)13(12)14/h9,11,18H,4-8H2,1-3H3. The van der Waals surface area contributed by atoms with Crippen molar-refractivity contribution < 1.29 is 5.11 Å². The van der Waals surface area contributed by atoms with E-state index >= 15 is 0 Å². The number of aliphatic hydroxyl groups excluding tert-OH is 1. The molecule has 1 aliphatic heterocycles. The summed E-state index contributed by atoms with van der Waals surface area (Å²) in [6.07, 6.45) is 3.45. The maximum atomic E-state index is 9.51. The van der Waals surface area contributed by atoms with Crippen molar-refractivity contribution in [3.63, 3.8) is 0 Å². The van der Waals surface area contributed by atoms with Crippen LogP contribution in [-0.2, 0) is 13.6 Å². The third kappa shape index (κ3) is 2.56. The van der Waals surface area contributed by atoms with Crippen LogP contribution >= 0.6 is 11.6 Å². The van der Waals surface area contributed by atoms with Crippen molar-refractivity contribution in [1.29, 1.82) is 0 Å². The Morgan fingerprint density at radius 1 is 1.44 bits per heavy atom. The van der Waals surface area contributed by atoms with Crippen LogP contribution in [0.15, 0.2) is 0 Å². The van der Waals surface area contributed by atoms with E-state index in [9.17, 15) is 5.11 Å². The van der Waals surface area contributed by atoms with Crippen molar-refractivity contribution in [2.75, 3.05) is 6.61 Å². The molecule has 2 atom stereocenters. The molecule has 0 aliphatic carbocycles. The molecule has 2 unspecified atom stereocenters. The first-order valence-corrected chi connectivity index (χ1v) is 6.97. The molecule has 18 heavy (non-hydrogen) atoms. The van der Waals surface area contributed by atoms with E-state index in [1.807, 2.05) is 14.0 Å². The van der Waals surface area contributed by atoms with Crippen LogP contribution in [-0.4, -0.2) is 38.5 Å². The van der Waals surface area contributed by atoms with Crippen LogP contribution in [0.5, 0.6) is 0 Å². The molecule has 0 radical (unpaired) electrons. The molecule has 1 aromatic rings. The van der Waals surface area contributed by atoms with Crippen LogP contribution in [0.1, 0.15) is 37.4 Å². The first kappa shape index (κ1) is 13.8. The lowest BCUT2D eigenvalue weighted by molar-refractivity contribution is 0.0450. The van der Waals surface area contributed by atoms with E-state index in [-0.39, 0.29) is 12.6 Å². The van der Waals surface area contributed by atoms with Crippen LogP contribution < -0.4 is 0 Å². The Labute approximate surface area is 114 Å². The molecule has 5 heteroatoms. The summed E-state index contributed by atoms with van der Waals surface area (Å²) in [4.78, 5) is 2.36. The zero-order chi connectivity index (χ0) is 13.3. The molecule has 0 aromatic carbocycles. The van der Waals surface area contributed by atoms with Crippen molar-refractivity contribution >= 4 is 11.6 Å². The van der Waals surface area contributed by atoms with Crippen molar-refractivity contribution in [2.45, 2.75) is 51.7 Å². The van der Waals surface area contributed by atoms with Gasteiger partial charge >= 0.3 is 0 Å². The second-order valence-corrected chi connectivity index (χ2v) is 5.63. The molecule has 2 rings (SSSR count). The molecule has 0 spiro atoms. The molecular formula is C13H22ClN3O. The summed E-state index contributed by atoms with van der Waals surface area (Å²) < 4.78 is 1.72. The van der Waals surface area contributed by atoms with Crippen molar-refractivity contribution in [2.24, 2.45) is 7.05 Å². The quantitative estimate of drug-likeness (QED) is 0.916. The van der Waals surface area contributed by atoms with Crippen LogP contribution in [0.2, 0.25) is 5.15 Å². The third-order valence-corrected chi connectivity index (χ3v) is 4.49. The van der Waals surface area contributed by atoms with Gasteiger partial charge in [0.2, 0.25) is 0 Å². The number of hydrogen-bond acceptors (Lipinski definition) is 3. The minimum atomic E-state index is 0.223. The van der Waals surface area contributed by atoms with Crippen molar-refractivity contribution in [3.05, 3.63) is 16.4 Å². The molecule has 2 heterocycles. The average molecular weight is 272 g/mol. The van der Waals surface area contributed by atoms with Gasteiger partial charge in [-0.3, -0.25) is 9.58 Å². The predicted octanol–water partition coefficient (Wildman–Crippen LogP) is 2.12. The molecule has 102 valence electrons. The number of piperidine rings is 1. The van der Waals surface area contributed by atoms with Crippen LogP contribution in [0, 0.1) is 6.92 Å². The normalized spacial score (nSPS) is 25.6. The molecule has 0 bridgehead atoms. The Balaban J connectivity index is 2.20. The van der Waals surface area contributed by atoms with Crippen LogP contribution in [0.25, 0.3) is 0 Å². The minimum absolute atomic E-state index is 0.223. The lowest BCUT2D eigenvalue weighted by atomic mass is 9.96. The number of nitrogens with zero attached hydrogens (tertiary/aromatic N) is 3. The fourth-order valence-electron chi connectivity index (χ4n) is 2.86. The summed E-state index contributed by atoms with van der Waals surface area (Å²) in [5, 5.41) is 14.6. The highest BCUT2D eigenvalue weighted by atomic mass is 35.5. The van der Waals surface area contributed by atoms with Crippen LogP contribution in [0.3, 0.4) is 0 Å². The van der Waals surface area contributed by atoms with Gasteiger partial charge in [0.1, 0.15) is 5.15 Å². The fraction of sp³-hybridized carbons (Fsp3) is 0.769. The number of rotatable bonds is 3. The Morgan fingerprint density at radius 3 is 2.72 bits per heavy atom. The summed E-state index contributed by atoms with van der Waals surface area (Å²) in [6, 6.07) is 0.746. The topological polar surface area (TPSA) is 41.3 Å². The highest BCUT2D eigenvalue weighted by Crippen LogP contribution is 2.28. The van der Waals surface area contributed by atoms with Crippen LogP contribution in [0.4, 0.5) is 0 Å². The maximum Gasteiger partial charge on any atom is 0.131 e. The second kappa shape index (κ2) is 5.59. The summed E-state index contributed by atoms with van der Waals surface area (Å²) in [6.45, 7) is 5.22. The molecule has 0 amide bonds. The number of aryl methyl sites for hydroxylation is 2. The Hall–Kier alpha value is -0.580. The van der Waals surface area contributed by atoms with Gasteiger partial charge in [-0.25, -0.2) is 0 Å². The lowest BCUT2D eigenvalue weighted by Gasteiger charge is -2.39. The summed E-state index contributed by atoms with van der Waals surface area (Å²) >= 11 is 6.28. The number of halogens is 1. The van der Waals surface area contributed by atoms with E-state index < -0.39 is 0 Å². The van der Waals surface area contributed by atoms with Gasteiger partial charge < -0.3 is 5.11 Å². The van der Waals surface area contributed by atoms with Gasteiger partial charge in [-0.05, 0) is 26.7 Å². The van der Waals surface area contributed by atoms with Gasteiger partial charge in [-0.2, -0.15) is 5.10 Å². The van der Waals surface area contributed by atoms with E-state index in [2.05, 4.69) is 16.9 Å². The molecule has 1 fully saturated rings. The summed E-state index contributed by atoms with van der Waals surface area (Å²) in [5.41, 5.74) is 2.07. The predicted molar refractivity (Wildman–Crippen MR) is 72.7 cm³/mol. The Morgan fingerprint density at radius 2 is 2.17 bits per heavy atom. The van der Waals surface area contributed by atoms with E-state index in [1.165, 1.54) is 12.8 Å². The SMILES string of the molecule is Cc1nn(C)c(Cl)c1CN1C(C)CCCC1CO. The molecule has 0 saturated carbocycles. The average Bonchev–Trinajstić information content (AvgIpc) is 2.58. The second-order valence-electron chi connectivity index (χ2n) is 5.27. The van der Waals surface area contributed by atoms with Gasteiger partial charge in [0.15, 0.2) is 0 Å². The lowest BCUT2D eigenvalue weighted by Crippen LogP contribution is -2.46. The number of hydrogen-bond donors (Lipinski definition) is 1. The molecule has 1 aromatic heterocycles. The monoisotopic (exact) mass is 271 g/mol. The molecule has 1 aliphatic rings. The van der Waals surface area contributed by atoms with Crippen molar-refractivity contribution in [3.8, 4) is 0 Å². The zero-order valence-electron chi connectivity index (χ0n) is 11.4. The third-order valence-electron chi connectivity index (χ3n) is 4.02. The molecule has 4 nitrogen and oxygen atoms in total. The van der Waals surface area contributed by atoms with Gasteiger partial charge in [-0.15, -0.1) is 0 Å². The highest BCUT2D eigenvalue weighted by Gasteiger charge is 2.29. The minimum Gasteiger partial charge on any atom is -0.395 e. The number of likely N-dealkylation sites (tertiary alicyclic amines) is 1. The molecule has 1 saturated heterocycles. The van der Waals surface area contributed by atoms with E-state index in [0.29, 0.717) is 11.2 Å². The first-order chi connectivity index (χ1) is 8.54. The fourth-order valence-corrected chi connectivity index (χ4v) is 3.09. The zero-order valence-corrected chi connectivity index (χ0v) is 12.1. The van der Waals surface area contributed by atoms with Gasteiger partial charge in [0.05, 0.1) is 12.3 Å². The molecular weight excluding hydrogens is 250 g/mol. The largest absolute Gasteiger partial charge is 0.395 e. The van der Waals surface area contributed by atoms with Gasteiger partial charge in [0, 0.05) is 31.2 Å². The smallest absolute Gasteiger partial charge is 0.131 e. The maximum absolute atomic E-state index is 9.51. The Kier molecular flexibility index (Phi) is 4.30. The van der Waals surface area contributed by atoms with Crippen molar-refractivity contribution in [1.82, 2.24) is 14.7 Å². The number of aliphatic hydroxyl groups is 1. The Bertz CT molecular complexity index is 419. The summed E-state index contributed by atoms with van der Waals surface area (Å²) in [7, 11) is 1.86. The van der Waals surface area contributed by atoms with E-state index in [4.69, 9.17) is 11.6 Å². The van der Waals surface area contributed by atoms with E-state index in [0.717, 1.165) is 24.2 Å². The summed E-state index contributed by atoms with van der Waals surface area (Å²) in [5.74, 6) is 0. The highest BCUT2D eigenvalue weighted by molar-refractivity contribution is 6.30. The molecule has 1 N–H and O–H groups in total. The first-order valence-electron chi connectivity index (χ1n) is 6.59. The van der Waals surface area contributed by atoms with Gasteiger partial charge in [0.25, 0.3) is 0 Å². The van der Waals surface area contributed by atoms with Gasteiger partial charge in [-0.1, -0.05) is 18.0 Å². The number of aromatic nitrogens is 2.